The minimum atomic E-state index is -0.955. The Bertz CT molecular complexity index is 1330. The highest BCUT2D eigenvalue weighted by molar-refractivity contribution is 6.08. The predicted molar refractivity (Wildman–Crippen MR) is 145 cm³/mol. The number of nitrogens with one attached hydrogen (secondary N) is 1. The topological polar surface area (TPSA) is 134 Å². The molecule has 2 atom stereocenters. The fourth-order valence-corrected chi connectivity index (χ4v) is 5.17. The van der Waals surface area contributed by atoms with Crippen LogP contribution in [0.2, 0.25) is 0 Å². The molecular formula is C28H31N5O6. The average Bonchev–Trinajstić information content (AvgIpc) is 2.95. The number of nitro groups is 1. The molecule has 11 nitrogen and oxygen atoms in total. The van der Waals surface area contributed by atoms with Crippen LogP contribution >= 0.6 is 0 Å². The lowest BCUT2D eigenvalue weighted by Crippen LogP contribution is -2.51. The molecule has 2 aliphatic rings. The smallest absolute Gasteiger partial charge is 0.315 e. The Morgan fingerprint density at radius 3 is 2.38 bits per heavy atom. The Kier molecular flexibility index (Phi) is 8.38. The lowest BCUT2D eigenvalue weighted by Gasteiger charge is -2.36. The Morgan fingerprint density at radius 2 is 1.74 bits per heavy atom. The van der Waals surface area contributed by atoms with Crippen molar-refractivity contribution in [1.82, 2.24) is 10.2 Å². The van der Waals surface area contributed by atoms with E-state index in [1.165, 1.54) is 25.3 Å². The van der Waals surface area contributed by atoms with Gasteiger partial charge in [0.2, 0.25) is 11.8 Å². The summed E-state index contributed by atoms with van der Waals surface area (Å²) in [6, 6.07) is 15.8. The molecule has 0 radical (unpaired) electrons. The van der Waals surface area contributed by atoms with Crippen LogP contribution in [0.3, 0.4) is 0 Å². The molecule has 2 aromatic rings. The van der Waals surface area contributed by atoms with Crippen LogP contribution in [0.5, 0.6) is 0 Å². The largest absolute Gasteiger partial charge is 0.468 e. The zero-order valence-electron chi connectivity index (χ0n) is 22.1. The van der Waals surface area contributed by atoms with Gasteiger partial charge in [-0.2, -0.15) is 0 Å². The number of para-hydroxylation sites is 1. The number of benzene rings is 2. The van der Waals surface area contributed by atoms with Gasteiger partial charge in [-0.05, 0) is 31.5 Å². The number of nitro benzene ring substituents is 1. The molecule has 2 amide bonds. The number of anilines is 1. The van der Waals surface area contributed by atoms with Gasteiger partial charge in [0, 0.05) is 66.9 Å². The maximum absolute atomic E-state index is 13.5. The molecule has 1 fully saturated rings. The second-order valence-corrected chi connectivity index (χ2v) is 9.47. The highest BCUT2D eigenvalue weighted by Crippen LogP contribution is 2.40. The summed E-state index contributed by atoms with van der Waals surface area (Å²) in [5.74, 6) is -3.23. The first-order valence-electron chi connectivity index (χ1n) is 12.7. The van der Waals surface area contributed by atoms with Crippen molar-refractivity contribution >= 4 is 34.9 Å². The summed E-state index contributed by atoms with van der Waals surface area (Å²) in [6.07, 6.45) is 0. The molecule has 0 saturated carbocycles. The van der Waals surface area contributed by atoms with Crippen molar-refractivity contribution in [1.29, 1.82) is 0 Å². The van der Waals surface area contributed by atoms with Gasteiger partial charge in [0.1, 0.15) is 5.92 Å². The molecule has 2 heterocycles. The number of non-ortho nitro benzene ring substituents is 1. The van der Waals surface area contributed by atoms with Crippen LogP contribution < -0.4 is 10.2 Å². The second-order valence-electron chi connectivity index (χ2n) is 9.47. The summed E-state index contributed by atoms with van der Waals surface area (Å²) in [4.78, 5) is 58.5. The highest BCUT2D eigenvalue weighted by Gasteiger charge is 2.42. The predicted octanol–water partition coefficient (Wildman–Crippen LogP) is 2.68. The van der Waals surface area contributed by atoms with Gasteiger partial charge in [-0.3, -0.25) is 29.5 Å². The standard InChI is InChI=1S/C28H31N5O6/c1-18-24(26(25(19(2)30-18)28(36)39-3)20-8-7-11-22(16-20)33(37)38)27(35)29-17-23(34)32-14-12-31(13-15-32)21-9-5-4-6-10-21/h4-11,16,25-26H,12-15,17H2,1-3H3,(H,29,35). The van der Waals surface area contributed by atoms with E-state index in [4.69, 9.17) is 4.74 Å². The minimum absolute atomic E-state index is 0.165. The number of carbonyl (C=O) groups excluding carboxylic acids is 3. The average molecular weight is 534 g/mol. The summed E-state index contributed by atoms with van der Waals surface area (Å²) in [5.41, 5.74) is 2.30. The van der Waals surface area contributed by atoms with Gasteiger partial charge in [-0.25, -0.2) is 0 Å². The molecule has 11 heteroatoms. The van der Waals surface area contributed by atoms with Crippen molar-refractivity contribution in [3.05, 3.63) is 81.5 Å². The maximum Gasteiger partial charge on any atom is 0.315 e. The number of ether oxygens (including phenoxy) is 1. The van der Waals surface area contributed by atoms with E-state index in [1.807, 2.05) is 30.3 Å². The lowest BCUT2D eigenvalue weighted by molar-refractivity contribution is -0.384. The van der Waals surface area contributed by atoms with Crippen LogP contribution in [0.1, 0.15) is 25.3 Å². The zero-order chi connectivity index (χ0) is 28.1. The van der Waals surface area contributed by atoms with E-state index in [0.717, 1.165) is 5.69 Å². The monoisotopic (exact) mass is 533 g/mol. The lowest BCUT2D eigenvalue weighted by atomic mass is 9.75. The summed E-state index contributed by atoms with van der Waals surface area (Å²) in [5, 5.41) is 14.1. The van der Waals surface area contributed by atoms with E-state index in [9.17, 15) is 24.5 Å². The molecule has 2 unspecified atom stereocenters. The summed E-state index contributed by atoms with van der Waals surface area (Å²) < 4.78 is 5.00. The van der Waals surface area contributed by atoms with Crippen LogP contribution in [-0.2, 0) is 19.1 Å². The molecule has 1 N–H and O–H groups in total. The molecule has 0 aromatic heterocycles. The number of amides is 2. The van der Waals surface area contributed by atoms with Crippen molar-refractivity contribution in [2.45, 2.75) is 19.8 Å². The third-order valence-corrected chi connectivity index (χ3v) is 7.12. The van der Waals surface area contributed by atoms with E-state index in [1.54, 1.807) is 24.8 Å². The quantitative estimate of drug-likeness (QED) is 0.328. The summed E-state index contributed by atoms with van der Waals surface area (Å²) in [6.45, 7) is 5.47. The first kappa shape index (κ1) is 27.5. The highest BCUT2D eigenvalue weighted by atomic mass is 16.6. The maximum atomic E-state index is 13.5. The van der Waals surface area contributed by atoms with Gasteiger partial charge in [-0.15, -0.1) is 0 Å². The third kappa shape index (κ3) is 5.97. The van der Waals surface area contributed by atoms with Crippen molar-refractivity contribution < 1.29 is 24.0 Å². The first-order valence-corrected chi connectivity index (χ1v) is 12.7. The van der Waals surface area contributed by atoms with Crippen molar-refractivity contribution in [3.8, 4) is 0 Å². The Labute approximate surface area is 226 Å². The van der Waals surface area contributed by atoms with Crippen LogP contribution in [0.25, 0.3) is 0 Å². The number of esters is 1. The number of hydrogen-bond acceptors (Lipinski definition) is 8. The number of piperazine rings is 1. The van der Waals surface area contributed by atoms with Crippen molar-refractivity contribution in [2.24, 2.45) is 10.9 Å². The van der Waals surface area contributed by atoms with Gasteiger partial charge >= 0.3 is 5.97 Å². The van der Waals surface area contributed by atoms with Gasteiger partial charge in [-0.1, -0.05) is 30.3 Å². The van der Waals surface area contributed by atoms with E-state index >= 15 is 0 Å². The molecule has 2 aromatic carbocycles. The molecule has 204 valence electrons. The summed E-state index contributed by atoms with van der Waals surface area (Å²) in [7, 11) is 1.24. The molecule has 39 heavy (non-hydrogen) atoms. The number of hydrogen-bond donors (Lipinski definition) is 1. The van der Waals surface area contributed by atoms with Crippen LogP contribution in [0.15, 0.2) is 70.9 Å². The van der Waals surface area contributed by atoms with Crippen molar-refractivity contribution in [2.75, 3.05) is 44.7 Å². The first-order chi connectivity index (χ1) is 18.7. The fourth-order valence-electron chi connectivity index (χ4n) is 5.17. The molecule has 0 bridgehead atoms. The Morgan fingerprint density at radius 1 is 1.05 bits per heavy atom. The Hall–Kier alpha value is -4.54. The Balaban J connectivity index is 1.51. The van der Waals surface area contributed by atoms with Gasteiger partial charge in [0.25, 0.3) is 5.69 Å². The number of nitrogens with zero attached hydrogens (tertiary/aromatic N) is 4. The molecule has 1 saturated heterocycles. The SMILES string of the molecule is COC(=O)C1C(C)=NC(C)=C(C(=O)NCC(=O)N2CCN(c3ccccc3)CC2)C1c1cccc([N+](=O)[O-])c1. The van der Waals surface area contributed by atoms with E-state index in [2.05, 4.69) is 15.2 Å². The van der Waals surface area contributed by atoms with Crippen LogP contribution in [-0.4, -0.2) is 73.2 Å². The number of aliphatic imine (C=N–C) groups is 1. The number of methoxy groups -OCH3 is 1. The van der Waals surface area contributed by atoms with Gasteiger partial charge in [0.15, 0.2) is 0 Å². The molecule has 0 spiro atoms. The van der Waals surface area contributed by atoms with E-state index < -0.39 is 28.6 Å². The molecular weight excluding hydrogens is 502 g/mol. The zero-order valence-corrected chi connectivity index (χ0v) is 22.1. The van der Waals surface area contributed by atoms with Gasteiger partial charge in [0.05, 0.1) is 18.6 Å². The minimum Gasteiger partial charge on any atom is -0.468 e. The van der Waals surface area contributed by atoms with Gasteiger partial charge < -0.3 is 19.9 Å². The molecule has 4 rings (SSSR count). The number of allylic oxidation sites excluding steroid dienone is 1. The van der Waals surface area contributed by atoms with E-state index in [0.29, 0.717) is 43.2 Å². The fraction of sp³-hybridized carbons (Fsp3) is 0.357. The molecule has 2 aliphatic heterocycles. The van der Waals surface area contributed by atoms with Crippen LogP contribution in [0.4, 0.5) is 11.4 Å². The number of carbonyl (C=O) groups is 3. The summed E-state index contributed by atoms with van der Waals surface area (Å²) >= 11 is 0. The van der Waals surface area contributed by atoms with Crippen molar-refractivity contribution in [3.63, 3.8) is 0 Å². The second kappa shape index (κ2) is 11.9. The third-order valence-electron chi connectivity index (χ3n) is 7.12. The van der Waals surface area contributed by atoms with Crippen LogP contribution in [0, 0.1) is 16.0 Å². The normalized spacial score (nSPS) is 19.3. The number of rotatable bonds is 7. The molecule has 0 aliphatic carbocycles. The van der Waals surface area contributed by atoms with E-state index in [-0.39, 0.29) is 23.7 Å².